The van der Waals surface area contributed by atoms with E-state index in [4.69, 9.17) is 17.0 Å². The van der Waals surface area contributed by atoms with Crippen LogP contribution in [0.2, 0.25) is 0 Å². The van der Waals surface area contributed by atoms with E-state index < -0.39 is 18.9 Å². The number of rotatable bonds is 4. The van der Waals surface area contributed by atoms with Crippen molar-refractivity contribution in [3.63, 3.8) is 0 Å². The summed E-state index contributed by atoms with van der Waals surface area (Å²) < 4.78 is 3.17. The Kier molecular flexibility index (Phi) is 14.1. The fourth-order valence-corrected chi connectivity index (χ4v) is 12.3. The minimum Gasteiger partial charge on any atom is -0.214 e. The monoisotopic (exact) mass is 976 g/mol. The van der Waals surface area contributed by atoms with Crippen molar-refractivity contribution in [1.82, 2.24) is 0 Å². The number of halogens is 4. The Bertz CT molecular complexity index is 2390. The zero-order valence-electron chi connectivity index (χ0n) is 32.7. The van der Waals surface area contributed by atoms with E-state index in [0.29, 0.717) is 0 Å². The molecule has 0 fully saturated rings. The average molecular weight is 981 g/mol. The molecular formula is C51H46Br2Cl2Zr-2. The topological polar surface area (TPSA) is 0 Å². The summed E-state index contributed by atoms with van der Waals surface area (Å²) in [5.41, 5.74) is 10.4. The predicted octanol–water partition coefficient (Wildman–Crippen LogP) is 16.8. The van der Waals surface area contributed by atoms with Crippen LogP contribution >= 0.6 is 48.9 Å². The minimum absolute atomic E-state index is 0.0554. The first-order valence-electron chi connectivity index (χ1n) is 18.8. The van der Waals surface area contributed by atoms with Crippen LogP contribution in [0.3, 0.4) is 0 Å². The zero-order chi connectivity index (χ0) is 40.0. The van der Waals surface area contributed by atoms with Crippen molar-refractivity contribution in [3.8, 4) is 22.3 Å². The van der Waals surface area contributed by atoms with Crippen molar-refractivity contribution in [2.75, 3.05) is 0 Å². The molecule has 0 aliphatic rings. The largest absolute Gasteiger partial charge is 0.214 e. The summed E-state index contributed by atoms with van der Waals surface area (Å²) in [5.74, 6) is 0. The van der Waals surface area contributed by atoms with Crippen LogP contribution < -0.4 is 0 Å². The maximum atomic E-state index is 6.31. The van der Waals surface area contributed by atoms with Crippen LogP contribution in [0.4, 0.5) is 0 Å². The van der Waals surface area contributed by atoms with E-state index >= 15 is 0 Å². The van der Waals surface area contributed by atoms with Gasteiger partial charge in [0.2, 0.25) is 0 Å². The van der Waals surface area contributed by atoms with E-state index in [1.165, 1.54) is 54.9 Å². The van der Waals surface area contributed by atoms with Gasteiger partial charge in [-0.3, -0.25) is 0 Å². The van der Waals surface area contributed by atoms with Gasteiger partial charge in [0.05, 0.1) is 0 Å². The van der Waals surface area contributed by atoms with Crippen LogP contribution in [0.25, 0.3) is 43.8 Å². The molecule has 0 amide bonds. The van der Waals surface area contributed by atoms with Gasteiger partial charge in [0.1, 0.15) is 0 Å². The number of hydrogen-bond acceptors (Lipinski definition) is 0. The van der Waals surface area contributed by atoms with Gasteiger partial charge in [-0.1, -0.05) is 114 Å². The summed E-state index contributed by atoms with van der Waals surface area (Å²) in [6, 6.07) is 59.9. The third-order valence-electron chi connectivity index (χ3n) is 9.74. The Balaban J connectivity index is 0.000000192. The van der Waals surface area contributed by atoms with E-state index in [0.717, 1.165) is 23.3 Å². The zero-order valence-corrected chi connectivity index (χ0v) is 39.8. The number of hydrogen-bond donors (Lipinski definition) is 0. The molecule has 0 saturated carbocycles. The van der Waals surface area contributed by atoms with Crippen LogP contribution in [0.1, 0.15) is 63.8 Å². The van der Waals surface area contributed by atoms with E-state index in [9.17, 15) is 0 Å². The molecule has 0 nitrogen and oxygen atoms in total. The van der Waals surface area contributed by atoms with Crippen LogP contribution in [0, 0.1) is 0 Å². The summed E-state index contributed by atoms with van der Waals surface area (Å²) >= 11 is 4.42. The maximum Gasteiger partial charge on any atom is -0.172 e. The summed E-state index contributed by atoms with van der Waals surface area (Å²) in [6.07, 6.45) is 0. The number of fused-ring (bicyclic) bond motifs is 3. The molecule has 0 spiro atoms. The first-order valence-corrected chi connectivity index (χ1v) is 27.9. The molecule has 0 saturated heterocycles. The summed E-state index contributed by atoms with van der Waals surface area (Å²) in [4.78, 5) is 0. The molecular weight excluding hydrogens is 934 g/mol. The SMILES string of the molecule is CC(C)(C)c1cc2c(cc1-c1ccccc1)[cH-]c1cc(-c3ccccc3)c(C(C)(C)C)cc12.[Cl][Zr]([Cl])=[C](c1cccc(Br)c1)c1cccc(Br)c1.c1cc[cH-]c1. The molecule has 5 heteroatoms. The molecule has 8 aromatic rings. The molecule has 284 valence electrons. The van der Waals surface area contributed by atoms with Crippen molar-refractivity contribution in [3.05, 3.63) is 201 Å². The van der Waals surface area contributed by atoms with E-state index in [2.05, 4.69) is 177 Å². The van der Waals surface area contributed by atoms with Crippen LogP contribution in [-0.2, 0) is 29.7 Å². The van der Waals surface area contributed by atoms with Crippen molar-refractivity contribution < 1.29 is 18.9 Å². The van der Waals surface area contributed by atoms with Gasteiger partial charge >= 0.3 is 140 Å². The smallest absolute Gasteiger partial charge is 0.172 e. The van der Waals surface area contributed by atoms with Crippen molar-refractivity contribution >= 4 is 73.6 Å². The molecule has 0 aliphatic carbocycles. The van der Waals surface area contributed by atoms with Crippen molar-refractivity contribution in [2.24, 2.45) is 0 Å². The number of benzene rings is 6. The Morgan fingerprint density at radius 2 is 0.911 bits per heavy atom. The van der Waals surface area contributed by atoms with E-state index in [-0.39, 0.29) is 10.8 Å². The Morgan fingerprint density at radius 1 is 0.500 bits per heavy atom. The molecule has 0 aliphatic heterocycles. The second-order valence-electron chi connectivity index (χ2n) is 16.0. The van der Waals surface area contributed by atoms with Gasteiger partial charge in [-0.05, 0) is 44.2 Å². The van der Waals surface area contributed by atoms with E-state index in [1.807, 2.05) is 66.7 Å². The quantitative estimate of drug-likeness (QED) is 0.154. The molecule has 56 heavy (non-hydrogen) atoms. The van der Waals surface area contributed by atoms with Crippen molar-refractivity contribution in [2.45, 2.75) is 52.4 Å². The second kappa shape index (κ2) is 18.6. The summed E-state index contributed by atoms with van der Waals surface area (Å²) in [5, 5.41) is 5.36. The molecule has 0 N–H and O–H groups in total. The summed E-state index contributed by atoms with van der Waals surface area (Å²) in [6.45, 7) is 13.9. The molecule has 0 heterocycles. The first kappa shape index (κ1) is 42.4. The maximum absolute atomic E-state index is 6.31. The average Bonchev–Trinajstić information content (AvgIpc) is 3.86. The fourth-order valence-electron chi connectivity index (χ4n) is 7.05. The van der Waals surface area contributed by atoms with Gasteiger partial charge < -0.3 is 0 Å². The minimum atomic E-state index is -2.54. The normalized spacial score (nSPS) is 11.4. The third-order valence-corrected chi connectivity index (χ3v) is 15.3. The van der Waals surface area contributed by atoms with Gasteiger partial charge in [-0.25, -0.2) is 12.1 Å². The van der Waals surface area contributed by atoms with Gasteiger partial charge in [-0.2, -0.15) is 18.2 Å². The Morgan fingerprint density at radius 3 is 1.23 bits per heavy atom. The van der Waals surface area contributed by atoms with Gasteiger partial charge in [0.25, 0.3) is 0 Å². The fraction of sp³-hybridized carbons (Fsp3) is 0.157. The molecule has 0 aromatic heterocycles. The van der Waals surface area contributed by atoms with Crippen LogP contribution in [0.5, 0.6) is 0 Å². The molecule has 8 aromatic carbocycles. The van der Waals surface area contributed by atoms with Gasteiger partial charge in [0.15, 0.2) is 0 Å². The molecule has 0 unspecified atom stereocenters. The molecule has 0 bridgehead atoms. The van der Waals surface area contributed by atoms with Crippen molar-refractivity contribution in [1.29, 1.82) is 0 Å². The molecule has 8 rings (SSSR count). The standard InChI is InChI=1S/C33H33.C13H8Br2.C5H5.2ClH.Zr/c1-32(2,3)30-20-26-24(18-28(30)22-13-9-7-10-14-22)17-25-19-29(23-15-11-8-12-16-23)31(21-27(25)26)33(4,5)6;14-12-5-1-3-10(8-12)7-11-4-2-6-13(15)9-11;1-2-4-5-3-1;;;/h7-21H,1-6H3;1-6,8-9H;1-5H;2*1H;/q-1;;-1;;;+2/p-2. The molecule has 0 radical (unpaired) electrons. The van der Waals surface area contributed by atoms with Crippen LogP contribution in [-0.4, -0.2) is 3.21 Å². The van der Waals surface area contributed by atoms with Crippen LogP contribution in [0.15, 0.2) is 179 Å². The predicted molar refractivity (Wildman–Crippen MR) is 251 cm³/mol. The van der Waals surface area contributed by atoms with Gasteiger partial charge in [0, 0.05) is 0 Å². The second-order valence-corrected chi connectivity index (χ2v) is 25.9. The Labute approximate surface area is 364 Å². The molecule has 0 atom stereocenters. The third kappa shape index (κ3) is 10.5. The van der Waals surface area contributed by atoms with Gasteiger partial charge in [-0.15, -0.1) is 39.7 Å². The van der Waals surface area contributed by atoms with E-state index in [1.54, 1.807) is 0 Å². The Hall–Kier alpha value is -3.17. The summed E-state index contributed by atoms with van der Waals surface area (Å²) in [7, 11) is 12.6. The first-order chi connectivity index (χ1) is 26.7.